The number of benzene rings is 2. The lowest BCUT2D eigenvalue weighted by molar-refractivity contribution is -0.126. The van der Waals surface area contributed by atoms with Crippen molar-refractivity contribution in [2.75, 3.05) is 13.6 Å². The van der Waals surface area contributed by atoms with Gasteiger partial charge in [-0.25, -0.2) is 9.38 Å². The maximum Gasteiger partial charge on any atom is 0.273 e. The monoisotopic (exact) mass is 509 g/mol. The number of rotatable bonds is 5. The lowest BCUT2D eigenvalue weighted by atomic mass is 9.93. The zero-order chi connectivity index (χ0) is 26.6. The molecule has 0 saturated heterocycles. The SMILES string of the molecule is CC(C)=C(/C=C1/N=C(C(=O)N2CCc3ccccc3C2C)C=C(C2CC2)N1C)c1ccc(C2CC2)cc1F. The summed E-state index contributed by atoms with van der Waals surface area (Å²) in [5, 5.41) is 0. The minimum atomic E-state index is -0.194. The Bertz CT molecular complexity index is 1420. The average Bonchev–Trinajstić information content (AvgIpc) is 3.82. The Balaban J connectivity index is 1.36. The summed E-state index contributed by atoms with van der Waals surface area (Å²) in [6.45, 7) is 6.78. The Morgan fingerprint density at radius 2 is 1.79 bits per heavy atom. The molecule has 2 aliphatic heterocycles. The van der Waals surface area contributed by atoms with Crippen LogP contribution in [0.1, 0.15) is 80.7 Å². The zero-order valence-electron chi connectivity index (χ0n) is 22.8. The maximum absolute atomic E-state index is 15.3. The molecule has 4 nitrogen and oxygen atoms in total. The maximum atomic E-state index is 15.3. The van der Waals surface area contributed by atoms with Crippen LogP contribution in [0.15, 0.2) is 76.7 Å². The van der Waals surface area contributed by atoms with Crippen LogP contribution in [-0.4, -0.2) is 35.0 Å². The minimum Gasteiger partial charge on any atom is -0.333 e. The van der Waals surface area contributed by atoms with E-state index in [0.29, 0.717) is 35.5 Å². The van der Waals surface area contributed by atoms with E-state index in [1.165, 1.54) is 11.1 Å². The largest absolute Gasteiger partial charge is 0.333 e. The molecule has 2 fully saturated rings. The number of nitrogens with zero attached hydrogens (tertiary/aromatic N) is 3. The molecule has 0 aromatic heterocycles. The fraction of sp³-hybridized carbons (Fsp3) is 0.394. The van der Waals surface area contributed by atoms with Crippen LogP contribution in [-0.2, 0) is 11.2 Å². The molecule has 2 heterocycles. The Morgan fingerprint density at radius 3 is 2.47 bits per heavy atom. The van der Waals surface area contributed by atoms with E-state index in [9.17, 15) is 4.79 Å². The molecule has 0 N–H and O–H groups in total. The summed E-state index contributed by atoms with van der Waals surface area (Å²) in [6.07, 6.45) is 9.31. The van der Waals surface area contributed by atoms with E-state index in [0.717, 1.165) is 54.5 Å². The van der Waals surface area contributed by atoms with Crippen LogP contribution >= 0.6 is 0 Å². The van der Waals surface area contributed by atoms with E-state index in [1.54, 1.807) is 6.07 Å². The highest BCUT2D eigenvalue weighted by molar-refractivity contribution is 6.44. The lowest BCUT2D eigenvalue weighted by Crippen LogP contribution is -2.43. The van der Waals surface area contributed by atoms with Crippen LogP contribution in [0.25, 0.3) is 5.57 Å². The molecule has 6 rings (SSSR count). The number of halogens is 1. The second-order valence-electron chi connectivity index (χ2n) is 11.5. The first-order chi connectivity index (χ1) is 18.3. The topological polar surface area (TPSA) is 35.9 Å². The van der Waals surface area contributed by atoms with E-state index < -0.39 is 0 Å². The van der Waals surface area contributed by atoms with Crippen molar-refractivity contribution in [2.45, 2.75) is 64.8 Å². The Labute approximate surface area is 225 Å². The fourth-order valence-corrected chi connectivity index (χ4v) is 5.85. The first-order valence-corrected chi connectivity index (χ1v) is 13.9. The van der Waals surface area contributed by atoms with Gasteiger partial charge in [-0.1, -0.05) is 42.0 Å². The third-order valence-corrected chi connectivity index (χ3v) is 8.47. The predicted molar refractivity (Wildman–Crippen MR) is 151 cm³/mol. The Hall–Kier alpha value is -3.47. The molecule has 5 heteroatoms. The van der Waals surface area contributed by atoms with Crippen molar-refractivity contribution in [3.05, 3.63) is 99.8 Å². The van der Waals surface area contributed by atoms with Gasteiger partial charge in [0.2, 0.25) is 0 Å². The van der Waals surface area contributed by atoms with Gasteiger partial charge in [-0.2, -0.15) is 0 Å². The normalized spacial score (nSPS) is 22.1. The number of hydrogen-bond acceptors (Lipinski definition) is 3. The molecule has 0 radical (unpaired) electrons. The van der Waals surface area contributed by atoms with Gasteiger partial charge in [0.1, 0.15) is 17.3 Å². The average molecular weight is 510 g/mol. The predicted octanol–water partition coefficient (Wildman–Crippen LogP) is 7.16. The molecule has 38 heavy (non-hydrogen) atoms. The first kappa shape index (κ1) is 24.8. The van der Waals surface area contributed by atoms with E-state index >= 15 is 4.39 Å². The van der Waals surface area contributed by atoms with Gasteiger partial charge >= 0.3 is 0 Å². The smallest absolute Gasteiger partial charge is 0.273 e. The third kappa shape index (κ3) is 4.63. The van der Waals surface area contributed by atoms with Gasteiger partial charge in [-0.3, -0.25) is 4.79 Å². The van der Waals surface area contributed by atoms with Gasteiger partial charge in [0.15, 0.2) is 0 Å². The zero-order valence-corrected chi connectivity index (χ0v) is 22.8. The molecule has 2 aromatic carbocycles. The number of aliphatic imine (C=N–C) groups is 1. The highest BCUT2D eigenvalue weighted by atomic mass is 19.1. The van der Waals surface area contributed by atoms with E-state index in [4.69, 9.17) is 4.99 Å². The Morgan fingerprint density at radius 1 is 1.05 bits per heavy atom. The summed E-state index contributed by atoms with van der Waals surface area (Å²) in [5.74, 6) is 1.39. The van der Waals surface area contributed by atoms with Crippen LogP contribution in [0.4, 0.5) is 4.39 Å². The second kappa shape index (κ2) is 9.68. The van der Waals surface area contributed by atoms with Crippen LogP contribution in [0.5, 0.6) is 0 Å². The summed E-state index contributed by atoms with van der Waals surface area (Å²) in [6, 6.07) is 14.0. The molecule has 1 unspecified atom stereocenters. The van der Waals surface area contributed by atoms with Gasteiger partial charge in [0, 0.05) is 24.9 Å². The summed E-state index contributed by atoms with van der Waals surface area (Å²) >= 11 is 0. The minimum absolute atomic E-state index is 0.00701. The van der Waals surface area contributed by atoms with Gasteiger partial charge in [-0.05, 0) is 105 Å². The van der Waals surface area contributed by atoms with Crippen molar-refractivity contribution in [1.29, 1.82) is 0 Å². The number of fused-ring (bicyclic) bond motifs is 1. The van der Waals surface area contributed by atoms with Crippen LogP contribution in [0.2, 0.25) is 0 Å². The van der Waals surface area contributed by atoms with E-state index in [2.05, 4.69) is 36.1 Å². The standard InChI is InChI=1S/C33H36FN3O/c1-20(2)28(27-14-13-25(17-29(27)34)22-9-10-22)18-32-35-30(19-31(36(32)4)24-11-12-24)33(38)37-16-15-23-7-5-6-8-26(23)21(37)3/h5-8,13-14,17-19,21-22,24H,9-12,15-16H2,1-4H3/b32-18-. The molecular weight excluding hydrogens is 473 g/mol. The van der Waals surface area contributed by atoms with Crippen molar-refractivity contribution < 1.29 is 9.18 Å². The third-order valence-electron chi connectivity index (χ3n) is 8.47. The van der Waals surface area contributed by atoms with E-state index in [1.807, 2.05) is 50.1 Å². The van der Waals surface area contributed by atoms with Crippen molar-refractivity contribution in [1.82, 2.24) is 9.80 Å². The second-order valence-corrected chi connectivity index (χ2v) is 11.5. The summed E-state index contributed by atoms with van der Waals surface area (Å²) < 4.78 is 15.3. The van der Waals surface area contributed by atoms with Gasteiger partial charge in [0.05, 0.1) is 6.04 Å². The summed E-state index contributed by atoms with van der Waals surface area (Å²) in [5.41, 5.74) is 7.62. The first-order valence-electron chi connectivity index (χ1n) is 13.9. The van der Waals surface area contributed by atoms with E-state index in [-0.39, 0.29) is 17.8 Å². The number of carbonyl (C=O) groups excluding carboxylic acids is 1. The van der Waals surface area contributed by atoms with Crippen LogP contribution < -0.4 is 0 Å². The highest BCUT2D eigenvalue weighted by Gasteiger charge is 2.36. The number of amides is 1. The van der Waals surface area contributed by atoms with Gasteiger partial charge in [-0.15, -0.1) is 0 Å². The Kier molecular flexibility index (Phi) is 6.33. The highest BCUT2D eigenvalue weighted by Crippen LogP contribution is 2.43. The van der Waals surface area contributed by atoms with Crippen molar-refractivity contribution in [2.24, 2.45) is 10.9 Å². The van der Waals surface area contributed by atoms with Crippen molar-refractivity contribution >= 4 is 17.2 Å². The molecule has 2 aliphatic carbocycles. The summed E-state index contributed by atoms with van der Waals surface area (Å²) in [4.78, 5) is 22.8. The summed E-state index contributed by atoms with van der Waals surface area (Å²) in [7, 11) is 2.01. The molecule has 2 aromatic rings. The molecule has 1 atom stereocenters. The molecule has 2 saturated carbocycles. The number of allylic oxidation sites excluding steroid dienone is 4. The quantitative estimate of drug-likeness (QED) is 0.429. The molecular formula is C33H36FN3O. The van der Waals surface area contributed by atoms with Gasteiger partial charge in [0.25, 0.3) is 5.91 Å². The molecule has 196 valence electrons. The van der Waals surface area contributed by atoms with Crippen molar-refractivity contribution in [3.63, 3.8) is 0 Å². The lowest BCUT2D eigenvalue weighted by Gasteiger charge is -2.36. The molecule has 0 spiro atoms. The van der Waals surface area contributed by atoms with Gasteiger partial charge < -0.3 is 9.80 Å². The van der Waals surface area contributed by atoms with Crippen LogP contribution in [0.3, 0.4) is 0 Å². The van der Waals surface area contributed by atoms with Crippen molar-refractivity contribution in [3.8, 4) is 0 Å². The fourth-order valence-electron chi connectivity index (χ4n) is 5.85. The molecule has 0 bridgehead atoms. The van der Waals surface area contributed by atoms with Crippen LogP contribution in [0, 0.1) is 11.7 Å². The number of hydrogen-bond donors (Lipinski definition) is 0. The molecule has 4 aliphatic rings. The number of carbonyl (C=O) groups is 1. The molecule has 1 amide bonds.